The number of piperidine rings is 1. The quantitative estimate of drug-likeness (QED) is 0.788. The van der Waals surface area contributed by atoms with Crippen LogP contribution in [0.15, 0.2) is 58.4 Å². The van der Waals surface area contributed by atoms with Gasteiger partial charge in [0.15, 0.2) is 0 Å². The molecule has 0 aromatic heterocycles. The molecule has 2 heterocycles. The summed E-state index contributed by atoms with van der Waals surface area (Å²) in [5, 5.41) is 7.17. The highest BCUT2D eigenvalue weighted by molar-refractivity contribution is 7.89. The van der Waals surface area contributed by atoms with Crippen molar-refractivity contribution in [2.45, 2.75) is 43.7 Å². The maximum atomic E-state index is 13.2. The van der Waals surface area contributed by atoms with E-state index < -0.39 is 10.0 Å². The molecule has 0 saturated carbocycles. The molecule has 30 heavy (non-hydrogen) atoms. The molecule has 2 aliphatic heterocycles. The number of sulfonamides is 1. The molecule has 0 atom stereocenters. The standard InChI is InChI=1S/C23H30N4O2S/c1-18-7-9-20(10-8-18)17-25-22-23(26-14-13-24-22)11-15-27(16-12-23)30(28,29)21-6-4-3-5-19(21)2/h3-10,26H,11-17H2,1-2H3,(H,24,25). The number of rotatable bonds is 4. The average molecular weight is 427 g/mol. The summed E-state index contributed by atoms with van der Waals surface area (Å²) in [4.78, 5) is 5.18. The maximum absolute atomic E-state index is 13.2. The van der Waals surface area contributed by atoms with Gasteiger partial charge in [-0.2, -0.15) is 4.31 Å². The van der Waals surface area contributed by atoms with Crippen molar-refractivity contribution in [3.05, 3.63) is 65.2 Å². The lowest BCUT2D eigenvalue weighted by Crippen LogP contribution is -2.64. The van der Waals surface area contributed by atoms with Gasteiger partial charge in [0.1, 0.15) is 5.84 Å². The fraction of sp³-hybridized carbons (Fsp3) is 0.435. The summed E-state index contributed by atoms with van der Waals surface area (Å²) in [6.07, 6.45) is 1.41. The summed E-state index contributed by atoms with van der Waals surface area (Å²) in [6.45, 7) is 7.17. The SMILES string of the molecule is Cc1ccc(CNC2=NCCNC23CCN(S(=O)(=O)c2ccccc2C)CC3)cc1. The third-order valence-electron chi connectivity index (χ3n) is 6.17. The lowest BCUT2D eigenvalue weighted by atomic mass is 9.85. The smallest absolute Gasteiger partial charge is 0.243 e. The topological polar surface area (TPSA) is 73.8 Å². The normalized spacial score (nSPS) is 19.5. The first-order valence-electron chi connectivity index (χ1n) is 10.6. The van der Waals surface area contributed by atoms with Crippen molar-refractivity contribution < 1.29 is 8.42 Å². The van der Waals surface area contributed by atoms with Crippen LogP contribution in [0.3, 0.4) is 0 Å². The zero-order valence-corrected chi connectivity index (χ0v) is 18.5. The van der Waals surface area contributed by atoms with E-state index in [2.05, 4.69) is 41.8 Å². The Bertz CT molecular complexity index is 1020. The number of aliphatic imine (C=N–C) groups is 1. The molecule has 2 aromatic carbocycles. The van der Waals surface area contributed by atoms with Crippen molar-refractivity contribution in [3.63, 3.8) is 0 Å². The highest BCUT2D eigenvalue weighted by Gasteiger charge is 2.43. The molecular formula is C23H30N4O2S. The number of benzene rings is 2. The van der Waals surface area contributed by atoms with E-state index in [1.807, 2.05) is 19.1 Å². The Labute approximate surface area is 179 Å². The minimum absolute atomic E-state index is 0.277. The molecule has 0 aliphatic carbocycles. The van der Waals surface area contributed by atoms with Crippen molar-refractivity contribution >= 4 is 15.9 Å². The number of nitrogens with one attached hydrogen (secondary N) is 2. The third kappa shape index (κ3) is 4.15. The largest absolute Gasteiger partial charge is 0.368 e. The van der Waals surface area contributed by atoms with Gasteiger partial charge in [-0.3, -0.25) is 4.99 Å². The van der Waals surface area contributed by atoms with Crippen LogP contribution in [0.1, 0.15) is 29.5 Å². The summed E-state index contributed by atoms with van der Waals surface area (Å²) in [5.41, 5.74) is 2.97. The van der Waals surface area contributed by atoms with Crippen LogP contribution >= 0.6 is 0 Å². The molecule has 1 fully saturated rings. The van der Waals surface area contributed by atoms with E-state index in [4.69, 9.17) is 4.99 Å². The lowest BCUT2D eigenvalue weighted by Gasteiger charge is -2.44. The van der Waals surface area contributed by atoms with Crippen molar-refractivity contribution in [2.75, 3.05) is 26.2 Å². The second-order valence-electron chi connectivity index (χ2n) is 8.25. The van der Waals surface area contributed by atoms with Crippen molar-refractivity contribution in [3.8, 4) is 0 Å². The minimum atomic E-state index is -3.48. The molecule has 1 saturated heterocycles. The van der Waals surface area contributed by atoms with Crippen LogP contribution in [-0.4, -0.2) is 50.3 Å². The van der Waals surface area contributed by atoms with Gasteiger partial charge in [0.25, 0.3) is 0 Å². The Morgan fingerprint density at radius 3 is 2.47 bits per heavy atom. The average Bonchev–Trinajstić information content (AvgIpc) is 2.75. The molecule has 7 heteroatoms. The number of amidine groups is 1. The molecule has 1 spiro atoms. The molecule has 0 amide bonds. The second kappa shape index (κ2) is 8.49. The number of nitrogens with zero attached hydrogens (tertiary/aromatic N) is 2. The molecule has 0 radical (unpaired) electrons. The minimum Gasteiger partial charge on any atom is -0.368 e. The molecule has 160 valence electrons. The summed E-state index contributed by atoms with van der Waals surface area (Å²) >= 11 is 0. The fourth-order valence-electron chi connectivity index (χ4n) is 4.32. The summed E-state index contributed by atoms with van der Waals surface area (Å²) in [6, 6.07) is 15.7. The highest BCUT2D eigenvalue weighted by Crippen LogP contribution is 2.29. The van der Waals surface area contributed by atoms with Gasteiger partial charge in [-0.25, -0.2) is 8.42 Å². The lowest BCUT2D eigenvalue weighted by molar-refractivity contribution is 0.241. The summed E-state index contributed by atoms with van der Waals surface area (Å²) < 4.78 is 27.9. The van der Waals surface area contributed by atoms with E-state index in [1.165, 1.54) is 11.1 Å². The fourth-order valence-corrected chi connectivity index (χ4v) is 5.99. The third-order valence-corrected chi connectivity index (χ3v) is 8.23. The van der Waals surface area contributed by atoms with Gasteiger partial charge >= 0.3 is 0 Å². The van der Waals surface area contributed by atoms with E-state index in [9.17, 15) is 8.42 Å². The molecule has 2 aliphatic rings. The predicted molar refractivity (Wildman–Crippen MR) is 120 cm³/mol. The Hall–Kier alpha value is -2.22. The van der Waals surface area contributed by atoms with Crippen molar-refractivity contribution in [2.24, 2.45) is 4.99 Å². The van der Waals surface area contributed by atoms with E-state index in [1.54, 1.807) is 16.4 Å². The van der Waals surface area contributed by atoms with Crippen LogP contribution in [-0.2, 0) is 16.6 Å². The van der Waals surface area contributed by atoms with E-state index in [-0.39, 0.29) is 5.54 Å². The molecule has 4 rings (SSSR count). The van der Waals surface area contributed by atoms with E-state index in [0.717, 1.165) is 24.5 Å². The second-order valence-corrected chi connectivity index (χ2v) is 10.2. The van der Waals surface area contributed by atoms with Gasteiger partial charge in [0.05, 0.1) is 17.0 Å². The maximum Gasteiger partial charge on any atom is 0.243 e. The van der Waals surface area contributed by atoms with Gasteiger partial charge in [-0.15, -0.1) is 0 Å². The zero-order valence-electron chi connectivity index (χ0n) is 17.7. The molecular weight excluding hydrogens is 396 g/mol. The van der Waals surface area contributed by atoms with Gasteiger partial charge in [-0.05, 0) is 43.9 Å². The number of hydrogen-bond acceptors (Lipinski definition) is 5. The first-order chi connectivity index (χ1) is 14.4. The van der Waals surface area contributed by atoms with Crippen LogP contribution < -0.4 is 10.6 Å². The highest BCUT2D eigenvalue weighted by atomic mass is 32.2. The van der Waals surface area contributed by atoms with E-state index in [0.29, 0.717) is 37.4 Å². The monoisotopic (exact) mass is 426 g/mol. The Balaban J connectivity index is 1.46. The van der Waals surface area contributed by atoms with Crippen molar-refractivity contribution in [1.82, 2.24) is 14.9 Å². The van der Waals surface area contributed by atoms with Gasteiger partial charge < -0.3 is 10.6 Å². The van der Waals surface area contributed by atoms with Crippen LogP contribution in [0.25, 0.3) is 0 Å². The van der Waals surface area contributed by atoms with Gasteiger partial charge in [0.2, 0.25) is 10.0 Å². The zero-order chi connectivity index (χ0) is 21.2. The first kappa shape index (κ1) is 21.0. The summed E-state index contributed by atoms with van der Waals surface area (Å²) in [5.74, 6) is 0.960. The van der Waals surface area contributed by atoms with Crippen LogP contribution in [0.4, 0.5) is 0 Å². The molecule has 6 nitrogen and oxygen atoms in total. The number of hydrogen-bond donors (Lipinski definition) is 2. The Kier molecular flexibility index (Phi) is 5.95. The van der Waals surface area contributed by atoms with Crippen LogP contribution in [0.5, 0.6) is 0 Å². The van der Waals surface area contributed by atoms with Crippen LogP contribution in [0.2, 0.25) is 0 Å². The number of aryl methyl sites for hydroxylation is 2. The predicted octanol–water partition coefficient (Wildman–Crippen LogP) is 2.62. The van der Waals surface area contributed by atoms with Crippen LogP contribution in [0, 0.1) is 13.8 Å². The molecule has 0 bridgehead atoms. The molecule has 2 N–H and O–H groups in total. The van der Waals surface area contributed by atoms with E-state index >= 15 is 0 Å². The van der Waals surface area contributed by atoms with Gasteiger partial charge in [0, 0.05) is 26.2 Å². The Morgan fingerprint density at radius 2 is 1.77 bits per heavy atom. The van der Waals surface area contributed by atoms with Crippen molar-refractivity contribution in [1.29, 1.82) is 0 Å². The Morgan fingerprint density at radius 1 is 1.07 bits per heavy atom. The first-order valence-corrected chi connectivity index (χ1v) is 12.0. The summed E-state index contributed by atoms with van der Waals surface area (Å²) in [7, 11) is -3.48. The molecule has 0 unspecified atom stereocenters. The van der Waals surface area contributed by atoms with Gasteiger partial charge in [-0.1, -0.05) is 48.0 Å². The molecule has 2 aromatic rings.